The Morgan fingerprint density at radius 1 is 1.17 bits per heavy atom. The van der Waals surface area contributed by atoms with Crippen LogP contribution >= 0.6 is 0 Å². The van der Waals surface area contributed by atoms with Gasteiger partial charge in [-0.2, -0.15) is 0 Å². The molecule has 1 amide bonds. The van der Waals surface area contributed by atoms with Gasteiger partial charge in [0.2, 0.25) is 0 Å². The number of nitro groups is 1. The molecular weight excluding hydrogens is 294 g/mol. The molecule has 1 aromatic carbocycles. The molecule has 1 aliphatic carbocycles. The molecule has 1 saturated carbocycles. The highest BCUT2D eigenvalue weighted by atomic mass is 16.6. The van der Waals surface area contributed by atoms with Crippen LogP contribution in [0.4, 0.5) is 11.4 Å². The van der Waals surface area contributed by atoms with E-state index in [9.17, 15) is 14.9 Å². The molecule has 126 valence electrons. The fourth-order valence-electron chi connectivity index (χ4n) is 3.07. The first-order valence-corrected chi connectivity index (χ1v) is 8.25. The van der Waals surface area contributed by atoms with E-state index in [0.29, 0.717) is 11.3 Å². The van der Waals surface area contributed by atoms with E-state index in [1.54, 1.807) is 11.0 Å². The van der Waals surface area contributed by atoms with Crippen LogP contribution in [0.1, 0.15) is 55.3 Å². The predicted octanol–water partition coefficient (Wildman–Crippen LogP) is 3.50. The standard InChI is InChI=1S/C17H25N3O3/c1-19(2)16-11-10-14(20(22)23)12-15(16)17(21)18-13-8-6-4-3-5-7-9-13/h10-13H,3-9H2,1-2H3,(H,18,21). The number of hydrogen-bond acceptors (Lipinski definition) is 4. The van der Waals surface area contributed by atoms with Crippen molar-refractivity contribution in [3.63, 3.8) is 0 Å². The van der Waals surface area contributed by atoms with E-state index < -0.39 is 4.92 Å². The first-order chi connectivity index (χ1) is 11.0. The van der Waals surface area contributed by atoms with Crippen LogP contribution in [0.25, 0.3) is 0 Å². The molecule has 0 heterocycles. The number of non-ortho nitro benzene ring substituents is 1. The van der Waals surface area contributed by atoms with Crippen LogP contribution in [0.3, 0.4) is 0 Å². The second kappa shape index (κ2) is 7.94. The first kappa shape index (κ1) is 17.2. The lowest BCUT2D eigenvalue weighted by Crippen LogP contribution is -2.36. The zero-order chi connectivity index (χ0) is 16.8. The maximum Gasteiger partial charge on any atom is 0.270 e. The minimum Gasteiger partial charge on any atom is -0.377 e. The van der Waals surface area contributed by atoms with Crippen LogP contribution in [0.5, 0.6) is 0 Å². The summed E-state index contributed by atoms with van der Waals surface area (Å²) in [6.07, 6.45) is 7.92. The largest absolute Gasteiger partial charge is 0.377 e. The van der Waals surface area contributed by atoms with Gasteiger partial charge in [0.25, 0.3) is 11.6 Å². The molecule has 0 aliphatic heterocycles. The fourth-order valence-corrected chi connectivity index (χ4v) is 3.07. The number of benzene rings is 1. The summed E-state index contributed by atoms with van der Waals surface area (Å²) in [4.78, 5) is 25.0. The van der Waals surface area contributed by atoms with Gasteiger partial charge < -0.3 is 10.2 Å². The van der Waals surface area contributed by atoms with Gasteiger partial charge in [-0.1, -0.05) is 32.1 Å². The molecule has 0 unspecified atom stereocenters. The van der Waals surface area contributed by atoms with Crippen molar-refractivity contribution in [1.29, 1.82) is 0 Å². The molecule has 0 aromatic heterocycles. The van der Waals surface area contributed by atoms with Crippen molar-refractivity contribution in [2.24, 2.45) is 0 Å². The third-order valence-electron chi connectivity index (χ3n) is 4.36. The molecule has 0 saturated heterocycles. The molecule has 1 aliphatic rings. The van der Waals surface area contributed by atoms with E-state index in [4.69, 9.17) is 0 Å². The summed E-state index contributed by atoms with van der Waals surface area (Å²) in [6.45, 7) is 0. The lowest BCUT2D eigenvalue weighted by molar-refractivity contribution is -0.384. The van der Waals surface area contributed by atoms with Crippen LogP contribution < -0.4 is 10.2 Å². The Morgan fingerprint density at radius 3 is 2.35 bits per heavy atom. The van der Waals surface area contributed by atoms with E-state index >= 15 is 0 Å². The molecule has 0 atom stereocenters. The fraction of sp³-hybridized carbons (Fsp3) is 0.588. The van der Waals surface area contributed by atoms with Crippen LogP contribution in [0.2, 0.25) is 0 Å². The van der Waals surface area contributed by atoms with Gasteiger partial charge in [0.15, 0.2) is 0 Å². The van der Waals surface area contributed by atoms with Gasteiger partial charge in [-0.3, -0.25) is 14.9 Å². The zero-order valence-electron chi connectivity index (χ0n) is 13.9. The van der Waals surface area contributed by atoms with E-state index in [2.05, 4.69) is 5.32 Å². The van der Waals surface area contributed by atoms with Gasteiger partial charge in [0.1, 0.15) is 0 Å². The lowest BCUT2D eigenvalue weighted by atomic mass is 9.96. The molecule has 23 heavy (non-hydrogen) atoms. The maximum absolute atomic E-state index is 12.7. The van der Waals surface area contributed by atoms with Gasteiger partial charge in [0.05, 0.1) is 10.5 Å². The van der Waals surface area contributed by atoms with Crippen molar-refractivity contribution in [2.45, 2.75) is 51.0 Å². The Hall–Kier alpha value is -2.11. The molecule has 0 radical (unpaired) electrons. The smallest absolute Gasteiger partial charge is 0.270 e. The van der Waals surface area contributed by atoms with Gasteiger partial charge >= 0.3 is 0 Å². The number of nitro benzene ring substituents is 1. The molecule has 0 bridgehead atoms. The lowest BCUT2D eigenvalue weighted by Gasteiger charge is -2.23. The Balaban J connectivity index is 2.18. The van der Waals surface area contributed by atoms with Crippen LogP contribution in [-0.4, -0.2) is 31.0 Å². The average molecular weight is 319 g/mol. The number of carbonyl (C=O) groups is 1. The minimum absolute atomic E-state index is 0.0570. The van der Waals surface area contributed by atoms with Gasteiger partial charge in [-0.05, 0) is 18.9 Å². The highest BCUT2D eigenvalue weighted by Crippen LogP contribution is 2.25. The predicted molar refractivity (Wildman–Crippen MR) is 91.0 cm³/mol. The highest BCUT2D eigenvalue weighted by Gasteiger charge is 2.21. The third-order valence-corrected chi connectivity index (χ3v) is 4.36. The first-order valence-electron chi connectivity index (χ1n) is 8.25. The quantitative estimate of drug-likeness (QED) is 0.680. The molecule has 1 fully saturated rings. The second-order valence-electron chi connectivity index (χ2n) is 6.37. The third kappa shape index (κ3) is 4.68. The molecule has 6 heteroatoms. The number of carbonyl (C=O) groups excluding carboxylic acids is 1. The number of amides is 1. The number of anilines is 1. The van der Waals surface area contributed by atoms with Crippen molar-refractivity contribution in [2.75, 3.05) is 19.0 Å². The van der Waals surface area contributed by atoms with Crippen molar-refractivity contribution in [3.8, 4) is 0 Å². The molecule has 1 N–H and O–H groups in total. The Bertz CT molecular complexity index is 564. The summed E-state index contributed by atoms with van der Waals surface area (Å²) in [7, 11) is 3.65. The minimum atomic E-state index is -0.466. The van der Waals surface area contributed by atoms with Crippen LogP contribution in [0, 0.1) is 10.1 Å². The molecule has 0 spiro atoms. The SMILES string of the molecule is CN(C)c1ccc([N+](=O)[O-])cc1C(=O)NC1CCCCCCC1. The van der Waals surface area contributed by atoms with Crippen molar-refractivity contribution >= 4 is 17.3 Å². The number of nitrogens with zero attached hydrogens (tertiary/aromatic N) is 2. The van der Waals surface area contributed by atoms with Crippen molar-refractivity contribution in [3.05, 3.63) is 33.9 Å². The van der Waals surface area contributed by atoms with Gasteiger partial charge in [0, 0.05) is 38.0 Å². The molecule has 1 aromatic rings. The Labute approximate surface area is 137 Å². The maximum atomic E-state index is 12.7. The zero-order valence-corrected chi connectivity index (χ0v) is 13.9. The van der Waals surface area contributed by atoms with Crippen molar-refractivity contribution in [1.82, 2.24) is 5.32 Å². The molecular formula is C17H25N3O3. The summed E-state index contributed by atoms with van der Waals surface area (Å²) in [5.41, 5.74) is 1.00. The summed E-state index contributed by atoms with van der Waals surface area (Å²) < 4.78 is 0. The summed E-state index contributed by atoms with van der Waals surface area (Å²) >= 11 is 0. The Kier molecular flexibility index (Phi) is 5.96. The molecule has 6 nitrogen and oxygen atoms in total. The number of nitrogens with one attached hydrogen (secondary N) is 1. The van der Waals surface area contributed by atoms with E-state index in [1.807, 2.05) is 14.1 Å². The highest BCUT2D eigenvalue weighted by molar-refractivity contribution is 6.00. The number of rotatable bonds is 4. The van der Waals surface area contributed by atoms with Crippen molar-refractivity contribution < 1.29 is 9.72 Å². The Morgan fingerprint density at radius 2 is 1.78 bits per heavy atom. The summed E-state index contributed by atoms with van der Waals surface area (Å²) in [6, 6.07) is 4.60. The molecule has 2 rings (SSSR count). The van der Waals surface area contributed by atoms with Crippen LogP contribution in [-0.2, 0) is 0 Å². The normalized spacial score (nSPS) is 16.3. The average Bonchev–Trinajstić information content (AvgIpc) is 2.48. The van der Waals surface area contributed by atoms with E-state index in [-0.39, 0.29) is 17.6 Å². The topological polar surface area (TPSA) is 75.5 Å². The van der Waals surface area contributed by atoms with E-state index in [1.165, 1.54) is 31.4 Å². The van der Waals surface area contributed by atoms with Gasteiger partial charge in [-0.15, -0.1) is 0 Å². The van der Waals surface area contributed by atoms with Gasteiger partial charge in [-0.25, -0.2) is 0 Å². The monoisotopic (exact) mass is 319 g/mol. The second-order valence-corrected chi connectivity index (χ2v) is 6.37. The van der Waals surface area contributed by atoms with Crippen LogP contribution in [0.15, 0.2) is 18.2 Å². The summed E-state index contributed by atoms with van der Waals surface area (Å²) in [5, 5.41) is 14.1. The van der Waals surface area contributed by atoms with E-state index in [0.717, 1.165) is 25.7 Å². The summed E-state index contributed by atoms with van der Waals surface area (Å²) in [5.74, 6) is -0.219. The number of hydrogen-bond donors (Lipinski definition) is 1.